The lowest BCUT2D eigenvalue weighted by atomic mass is 10.3. The van der Waals surface area contributed by atoms with E-state index in [4.69, 9.17) is 4.42 Å². The molecule has 7 heteroatoms. The van der Waals surface area contributed by atoms with Crippen LogP contribution in [0.15, 0.2) is 4.42 Å². The molecule has 0 spiro atoms. The molecule has 1 aliphatic rings. The van der Waals surface area contributed by atoms with Crippen molar-refractivity contribution in [2.45, 2.75) is 20.3 Å². The van der Waals surface area contributed by atoms with Gasteiger partial charge < -0.3 is 20.0 Å². The van der Waals surface area contributed by atoms with E-state index in [1.807, 2.05) is 0 Å². The minimum atomic E-state index is -0.168. The van der Waals surface area contributed by atoms with Gasteiger partial charge in [-0.05, 0) is 19.9 Å². The third-order valence-electron chi connectivity index (χ3n) is 3.26. The fraction of sp³-hybridized carbons (Fsp3) is 0.692. The molecule has 1 aromatic rings. The summed E-state index contributed by atoms with van der Waals surface area (Å²) in [5.41, 5.74) is 0.650. The number of amides is 1. The number of hydrogen-bond donors (Lipinski definition) is 2. The van der Waals surface area contributed by atoms with Gasteiger partial charge in [-0.15, -0.1) is 12.4 Å². The molecule has 1 aliphatic heterocycles. The van der Waals surface area contributed by atoms with Crippen molar-refractivity contribution < 1.29 is 9.21 Å². The summed E-state index contributed by atoms with van der Waals surface area (Å²) in [4.78, 5) is 18.4. The smallest absolute Gasteiger partial charge is 0.289 e. The number of oxazole rings is 1. The molecule has 6 nitrogen and oxygen atoms in total. The first kappa shape index (κ1) is 16.9. The number of hydrogen-bond acceptors (Lipinski definition) is 5. The standard InChI is InChI=1S/C13H22N4O2.ClH/c1-10-12(19-11(2)16-10)13(18)15-4-3-7-17-8-5-14-6-9-17;/h14H,3-9H2,1-2H3,(H,15,18);1H. The van der Waals surface area contributed by atoms with Gasteiger partial charge in [-0.2, -0.15) is 0 Å². The Labute approximate surface area is 125 Å². The van der Waals surface area contributed by atoms with E-state index in [0.717, 1.165) is 39.1 Å². The molecule has 114 valence electrons. The first-order chi connectivity index (χ1) is 9.16. The Balaban J connectivity index is 0.00000200. The summed E-state index contributed by atoms with van der Waals surface area (Å²) in [5, 5.41) is 6.20. The Hall–Kier alpha value is -1.11. The van der Waals surface area contributed by atoms with Crippen LogP contribution in [-0.4, -0.2) is 55.1 Å². The highest BCUT2D eigenvalue weighted by Crippen LogP contribution is 2.08. The normalized spacial score (nSPS) is 15.7. The van der Waals surface area contributed by atoms with Crippen LogP contribution in [0.2, 0.25) is 0 Å². The van der Waals surface area contributed by atoms with Gasteiger partial charge in [-0.25, -0.2) is 4.98 Å². The average Bonchev–Trinajstić information content (AvgIpc) is 2.75. The molecule has 2 rings (SSSR count). The van der Waals surface area contributed by atoms with Crippen molar-refractivity contribution in [1.82, 2.24) is 20.5 Å². The van der Waals surface area contributed by atoms with Crippen molar-refractivity contribution in [2.24, 2.45) is 0 Å². The molecule has 0 radical (unpaired) electrons. The minimum Gasteiger partial charge on any atom is -0.436 e. The van der Waals surface area contributed by atoms with Crippen LogP contribution in [0.5, 0.6) is 0 Å². The maximum Gasteiger partial charge on any atom is 0.289 e. The van der Waals surface area contributed by atoms with Crippen LogP contribution in [0.3, 0.4) is 0 Å². The number of carbonyl (C=O) groups is 1. The molecule has 1 aromatic heterocycles. The van der Waals surface area contributed by atoms with Crippen molar-refractivity contribution in [3.63, 3.8) is 0 Å². The Morgan fingerprint density at radius 3 is 2.70 bits per heavy atom. The number of piperazine rings is 1. The lowest BCUT2D eigenvalue weighted by molar-refractivity contribution is 0.0921. The monoisotopic (exact) mass is 302 g/mol. The van der Waals surface area contributed by atoms with Gasteiger partial charge in [0.15, 0.2) is 5.89 Å². The maximum absolute atomic E-state index is 11.9. The molecular weight excluding hydrogens is 280 g/mol. The molecular formula is C13H23ClN4O2. The van der Waals surface area contributed by atoms with Crippen LogP contribution in [0.1, 0.15) is 28.6 Å². The van der Waals surface area contributed by atoms with Gasteiger partial charge in [0.05, 0.1) is 5.69 Å². The molecule has 20 heavy (non-hydrogen) atoms. The summed E-state index contributed by atoms with van der Waals surface area (Å²) in [6, 6.07) is 0. The van der Waals surface area contributed by atoms with Crippen LogP contribution >= 0.6 is 12.4 Å². The molecule has 2 N–H and O–H groups in total. The molecule has 0 saturated carbocycles. The highest BCUT2D eigenvalue weighted by atomic mass is 35.5. The molecule has 0 bridgehead atoms. The largest absolute Gasteiger partial charge is 0.436 e. The van der Waals surface area contributed by atoms with Gasteiger partial charge >= 0.3 is 0 Å². The van der Waals surface area contributed by atoms with Gasteiger partial charge in [0.2, 0.25) is 5.76 Å². The van der Waals surface area contributed by atoms with Crippen LogP contribution < -0.4 is 10.6 Å². The Bertz CT molecular complexity index is 430. The number of rotatable bonds is 5. The first-order valence-electron chi connectivity index (χ1n) is 6.82. The summed E-state index contributed by atoms with van der Waals surface area (Å²) < 4.78 is 5.28. The van der Waals surface area contributed by atoms with E-state index in [0.29, 0.717) is 23.9 Å². The van der Waals surface area contributed by atoms with Gasteiger partial charge in [0, 0.05) is 39.6 Å². The highest BCUT2D eigenvalue weighted by molar-refractivity contribution is 5.92. The number of nitrogens with one attached hydrogen (secondary N) is 2. The van der Waals surface area contributed by atoms with Crippen LogP contribution in [0, 0.1) is 13.8 Å². The molecule has 1 fully saturated rings. The summed E-state index contributed by atoms with van der Waals surface area (Å²) in [7, 11) is 0. The molecule has 0 aliphatic carbocycles. The summed E-state index contributed by atoms with van der Waals surface area (Å²) in [5.74, 6) is 0.696. The minimum absolute atomic E-state index is 0. The third-order valence-corrected chi connectivity index (χ3v) is 3.26. The number of aryl methyl sites for hydroxylation is 2. The number of halogens is 1. The van der Waals surface area contributed by atoms with Gasteiger partial charge in [0.1, 0.15) is 0 Å². The summed E-state index contributed by atoms with van der Waals surface area (Å²) in [6.07, 6.45) is 0.956. The second kappa shape index (κ2) is 8.24. The van der Waals surface area contributed by atoms with E-state index >= 15 is 0 Å². The molecule has 2 heterocycles. The van der Waals surface area contributed by atoms with Gasteiger partial charge in [-0.1, -0.05) is 0 Å². The predicted molar refractivity (Wildman–Crippen MR) is 79.5 cm³/mol. The molecule has 0 unspecified atom stereocenters. The summed E-state index contributed by atoms with van der Waals surface area (Å²) >= 11 is 0. The highest BCUT2D eigenvalue weighted by Gasteiger charge is 2.15. The summed E-state index contributed by atoms with van der Waals surface area (Å²) in [6.45, 7) is 9.52. The van der Waals surface area contributed by atoms with E-state index in [1.165, 1.54) is 0 Å². The third kappa shape index (κ3) is 4.77. The van der Waals surface area contributed by atoms with E-state index in [2.05, 4.69) is 20.5 Å². The van der Waals surface area contributed by atoms with Gasteiger partial charge in [0.25, 0.3) is 5.91 Å². The van der Waals surface area contributed by atoms with Gasteiger partial charge in [-0.3, -0.25) is 4.79 Å². The zero-order valence-electron chi connectivity index (χ0n) is 12.1. The quantitative estimate of drug-likeness (QED) is 0.785. The van der Waals surface area contributed by atoms with E-state index in [1.54, 1.807) is 13.8 Å². The van der Waals surface area contributed by atoms with Crippen LogP contribution in [-0.2, 0) is 0 Å². The van der Waals surface area contributed by atoms with Crippen LogP contribution in [0.25, 0.3) is 0 Å². The van der Waals surface area contributed by atoms with Crippen molar-refractivity contribution in [3.05, 3.63) is 17.3 Å². The molecule has 0 aromatic carbocycles. The fourth-order valence-corrected chi connectivity index (χ4v) is 2.26. The fourth-order valence-electron chi connectivity index (χ4n) is 2.26. The zero-order valence-corrected chi connectivity index (χ0v) is 12.9. The second-order valence-corrected chi connectivity index (χ2v) is 4.85. The van der Waals surface area contributed by atoms with E-state index in [9.17, 15) is 4.79 Å². The number of carbonyl (C=O) groups excluding carboxylic acids is 1. The SMILES string of the molecule is Cc1nc(C)c(C(=O)NCCCN2CCNCC2)o1.Cl. The van der Waals surface area contributed by atoms with Crippen LogP contribution in [0.4, 0.5) is 0 Å². The second-order valence-electron chi connectivity index (χ2n) is 4.85. The van der Waals surface area contributed by atoms with Crippen molar-refractivity contribution in [1.29, 1.82) is 0 Å². The average molecular weight is 303 g/mol. The Morgan fingerprint density at radius 2 is 2.10 bits per heavy atom. The lowest BCUT2D eigenvalue weighted by Crippen LogP contribution is -2.44. The topological polar surface area (TPSA) is 70.4 Å². The lowest BCUT2D eigenvalue weighted by Gasteiger charge is -2.26. The molecule has 1 amide bonds. The van der Waals surface area contributed by atoms with Crippen molar-refractivity contribution >= 4 is 18.3 Å². The van der Waals surface area contributed by atoms with E-state index in [-0.39, 0.29) is 18.3 Å². The Morgan fingerprint density at radius 1 is 1.40 bits per heavy atom. The molecule has 1 saturated heterocycles. The zero-order chi connectivity index (χ0) is 13.7. The molecule has 0 atom stereocenters. The van der Waals surface area contributed by atoms with Crippen molar-refractivity contribution in [2.75, 3.05) is 39.3 Å². The van der Waals surface area contributed by atoms with E-state index < -0.39 is 0 Å². The predicted octanol–water partition coefficient (Wildman–Crippen LogP) is 0.738. The number of aromatic nitrogens is 1. The maximum atomic E-state index is 11.9. The Kier molecular flexibility index (Phi) is 6.98. The number of nitrogens with zero attached hydrogens (tertiary/aromatic N) is 2. The van der Waals surface area contributed by atoms with Crippen molar-refractivity contribution in [3.8, 4) is 0 Å². The first-order valence-corrected chi connectivity index (χ1v) is 6.82.